The van der Waals surface area contributed by atoms with Crippen molar-refractivity contribution in [3.8, 4) is 0 Å². The van der Waals surface area contributed by atoms with Gasteiger partial charge in [-0.2, -0.15) is 8.78 Å². The van der Waals surface area contributed by atoms with Crippen LogP contribution in [0.1, 0.15) is 12.1 Å². The van der Waals surface area contributed by atoms with Crippen molar-refractivity contribution in [2.75, 3.05) is 5.73 Å². The van der Waals surface area contributed by atoms with Crippen LogP contribution in [0, 0.1) is 0 Å². The van der Waals surface area contributed by atoms with Gasteiger partial charge in [-0.3, -0.25) is 0 Å². The van der Waals surface area contributed by atoms with E-state index in [1.165, 1.54) is 23.4 Å². The topological polar surface area (TPSA) is 38.9 Å². The normalized spacial score (nSPS) is 12.4. The third-order valence-corrected chi connectivity index (χ3v) is 7.16. The van der Waals surface area contributed by atoms with Crippen LogP contribution in [0.3, 0.4) is 0 Å². The quantitative estimate of drug-likeness (QED) is 0.854. The zero-order valence-electron chi connectivity index (χ0n) is 12.3. The van der Waals surface area contributed by atoms with Crippen LogP contribution in [-0.2, 0) is 5.92 Å². The van der Waals surface area contributed by atoms with E-state index in [4.69, 9.17) is 5.73 Å². The molecule has 1 aromatic heterocycles. The summed E-state index contributed by atoms with van der Waals surface area (Å²) >= 11 is 0. The third-order valence-electron chi connectivity index (χ3n) is 3.76. The molecular formula is C16H20F2N2Si. The van der Waals surface area contributed by atoms with E-state index < -0.39 is 14.0 Å². The SMILES string of the molecule is C[Si](C)(CCC(F)(F)c1ccc[13c](N)n1)c1ccccc1. The van der Waals surface area contributed by atoms with Crippen LogP contribution in [0.15, 0.2) is 48.5 Å². The molecule has 0 radical (unpaired) electrons. The molecule has 21 heavy (non-hydrogen) atoms. The standard InChI is InChI=1S/C16H20F2N2Si/c1-21(2,13-7-4-3-5-8-13)12-11-16(17,18)14-9-6-10-15(19)20-14/h3-10H,11-12H2,1-2H3,(H2,19,20)/i15+1. The summed E-state index contributed by atoms with van der Waals surface area (Å²) in [6.45, 7) is 4.23. The fraction of sp³-hybridized carbons (Fsp3) is 0.312. The number of aromatic nitrogens is 1. The fourth-order valence-corrected chi connectivity index (χ4v) is 4.61. The lowest BCUT2D eigenvalue weighted by Crippen LogP contribution is -2.42. The summed E-state index contributed by atoms with van der Waals surface area (Å²) in [6.07, 6.45) is -0.197. The summed E-state index contributed by atoms with van der Waals surface area (Å²) in [5.74, 6) is -2.80. The minimum atomic E-state index is -2.94. The Morgan fingerprint density at radius 1 is 1.05 bits per heavy atom. The second-order valence-electron chi connectivity index (χ2n) is 5.90. The van der Waals surface area contributed by atoms with E-state index in [1.54, 1.807) is 0 Å². The van der Waals surface area contributed by atoms with Crippen LogP contribution in [0.5, 0.6) is 0 Å². The molecule has 1 heterocycles. The predicted molar refractivity (Wildman–Crippen MR) is 85.5 cm³/mol. The van der Waals surface area contributed by atoms with Crippen LogP contribution in [0.2, 0.25) is 19.1 Å². The maximum atomic E-state index is 14.3. The number of pyridine rings is 1. The summed E-state index contributed by atoms with van der Waals surface area (Å²) in [5, 5.41) is 1.20. The van der Waals surface area contributed by atoms with Gasteiger partial charge in [0.05, 0.1) is 8.07 Å². The van der Waals surface area contributed by atoms with E-state index in [0.717, 1.165) is 0 Å². The summed E-state index contributed by atoms with van der Waals surface area (Å²) < 4.78 is 28.6. The first kappa shape index (κ1) is 15.6. The Bertz CT molecular complexity index is 600. The summed E-state index contributed by atoms with van der Waals surface area (Å²) in [6, 6.07) is 14.8. The Balaban J connectivity index is 2.11. The fourth-order valence-electron chi connectivity index (χ4n) is 2.29. The maximum Gasteiger partial charge on any atom is 0.289 e. The first-order valence-electron chi connectivity index (χ1n) is 6.98. The molecule has 0 atom stereocenters. The van der Waals surface area contributed by atoms with Crippen molar-refractivity contribution in [3.63, 3.8) is 0 Å². The average Bonchev–Trinajstić information content (AvgIpc) is 2.46. The highest BCUT2D eigenvalue weighted by Crippen LogP contribution is 2.34. The highest BCUT2D eigenvalue weighted by molar-refractivity contribution is 6.89. The molecule has 2 aromatic rings. The lowest BCUT2D eigenvalue weighted by molar-refractivity contribution is -0.0128. The second-order valence-corrected chi connectivity index (χ2v) is 10.7. The largest absolute Gasteiger partial charge is 0.384 e. The minimum Gasteiger partial charge on any atom is -0.384 e. The van der Waals surface area contributed by atoms with Crippen molar-refractivity contribution in [2.45, 2.75) is 31.5 Å². The van der Waals surface area contributed by atoms with Crippen molar-refractivity contribution < 1.29 is 8.78 Å². The Morgan fingerprint density at radius 2 is 1.71 bits per heavy atom. The zero-order chi connectivity index (χ0) is 15.5. The molecule has 0 spiro atoms. The molecule has 0 aliphatic heterocycles. The van der Waals surface area contributed by atoms with Crippen LogP contribution >= 0.6 is 0 Å². The first-order valence-corrected chi connectivity index (χ1v) is 10.2. The molecule has 0 fully saturated rings. The highest BCUT2D eigenvalue weighted by atomic mass is 28.3. The number of nitrogens with two attached hydrogens (primary N) is 1. The predicted octanol–water partition coefficient (Wildman–Crippen LogP) is 3.76. The van der Waals surface area contributed by atoms with E-state index in [2.05, 4.69) is 18.1 Å². The van der Waals surface area contributed by atoms with E-state index in [1.807, 2.05) is 30.3 Å². The van der Waals surface area contributed by atoms with E-state index in [9.17, 15) is 8.78 Å². The molecule has 0 bridgehead atoms. The van der Waals surface area contributed by atoms with Crippen LogP contribution in [0.25, 0.3) is 0 Å². The Hall–Kier alpha value is -1.75. The molecule has 0 aliphatic carbocycles. The van der Waals surface area contributed by atoms with Gasteiger partial charge in [-0.15, -0.1) is 0 Å². The van der Waals surface area contributed by atoms with Crippen molar-refractivity contribution in [1.29, 1.82) is 0 Å². The molecule has 2 nitrogen and oxygen atoms in total. The van der Waals surface area contributed by atoms with Crippen molar-refractivity contribution >= 4 is 19.1 Å². The van der Waals surface area contributed by atoms with Crippen molar-refractivity contribution in [2.24, 2.45) is 0 Å². The molecule has 1 aromatic carbocycles. The summed E-state index contributed by atoms with van der Waals surface area (Å²) in [5.41, 5.74) is 5.26. The van der Waals surface area contributed by atoms with E-state index >= 15 is 0 Å². The van der Waals surface area contributed by atoms with Gasteiger partial charge in [0.2, 0.25) is 0 Å². The van der Waals surface area contributed by atoms with Gasteiger partial charge >= 0.3 is 0 Å². The molecule has 2 rings (SSSR count). The highest BCUT2D eigenvalue weighted by Gasteiger charge is 2.36. The number of benzene rings is 1. The summed E-state index contributed by atoms with van der Waals surface area (Å²) in [4.78, 5) is 3.76. The number of anilines is 1. The number of alkyl halides is 2. The van der Waals surface area contributed by atoms with E-state index in [0.29, 0.717) is 6.04 Å². The number of halogens is 2. The molecule has 112 valence electrons. The number of nitrogen functional groups attached to an aromatic ring is 1. The van der Waals surface area contributed by atoms with Crippen LogP contribution < -0.4 is 10.9 Å². The number of rotatable bonds is 5. The molecule has 0 unspecified atom stereocenters. The number of hydrogen-bond acceptors (Lipinski definition) is 2. The Labute approximate surface area is 125 Å². The van der Waals surface area contributed by atoms with Crippen LogP contribution in [-0.4, -0.2) is 13.1 Å². The Kier molecular flexibility index (Phi) is 4.42. The zero-order valence-corrected chi connectivity index (χ0v) is 13.3. The third kappa shape index (κ3) is 3.88. The van der Waals surface area contributed by atoms with Crippen molar-refractivity contribution in [3.05, 3.63) is 54.2 Å². The lowest BCUT2D eigenvalue weighted by atomic mass is 10.2. The molecular weight excluding hydrogens is 287 g/mol. The van der Waals surface area contributed by atoms with Crippen molar-refractivity contribution in [1.82, 2.24) is 4.98 Å². The van der Waals surface area contributed by atoms with Gasteiger partial charge < -0.3 is 5.73 Å². The van der Waals surface area contributed by atoms with Gasteiger partial charge in [0, 0.05) is 6.42 Å². The first-order chi connectivity index (χ1) is 9.81. The average molecular weight is 307 g/mol. The van der Waals surface area contributed by atoms with Gasteiger partial charge in [-0.25, -0.2) is 4.98 Å². The minimum absolute atomic E-state index is 0.131. The molecule has 5 heteroatoms. The van der Waals surface area contributed by atoms with Gasteiger partial charge in [0.25, 0.3) is 5.92 Å². The smallest absolute Gasteiger partial charge is 0.289 e. The number of nitrogens with zero attached hydrogens (tertiary/aromatic N) is 1. The molecule has 0 amide bonds. The number of hydrogen-bond donors (Lipinski definition) is 1. The van der Waals surface area contributed by atoms with Gasteiger partial charge in [0.15, 0.2) is 0 Å². The summed E-state index contributed by atoms with van der Waals surface area (Å²) in [7, 11) is -1.87. The maximum absolute atomic E-state index is 14.3. The Morgan fingerprint density at radius 3 is 2.33 bits per heavy atom. The van der Waals surface area contributed by atoms with E-state index in [-0.39, 0.29) is 17.9 Å². The second kappa shape index (κ2) is 5.93. The monoisotopic (exact) mass is 307 g/mol. The van der Waals surface area contributed by atoms with Gasteiger partial charge in [-0.1, -0.05) is 54.7 Å². The van der Waals surface area contributed by atoms with Gasteiger partial charge in [0.1, 0.15) is 11.5 Å². The van der Waals surface area contributed by atoms with Gasteiger partial charge in [-0.05, 0) is 18.2 Å². The molecule has 2 N–H and O–H groups in total. The molecule has 0 saturated heterocycles. The molecule has 0 aliphatic rings. The van der Waals surface area contributed by atoms with Crippen LogP contribution in [0.4, 0.5) is 14.6 Å². The lowest BCUT2D eigenvalue weighted by Gasteiger charge is -2.25. The molecule has 0 saturated carbocycles.